The van der Waals surface area contributed by atoms with Crippen molar-refractivity contribution in [1.82, 2.24) is 19.5 Å². The lowest BCUT2D eigenvalue weighted by Gasteiger charge is -2.05. The van der Waals surface area contributed by atoms with Gasteiger partial charge >= 0.3 is 0 Å². The minimum atomic E-state index is -0.0114. The van der Waals surface area contributed by atoms with Crippen LogP contribution >= 0.6 is 22.6 Å². The van der Waals surface area contributed by atoms with Crippen molar-refractivity contribution in [3.63, 3.8) is 0 Å². The molecule has 1 N–H and O–H groups in total. The molecule has 0 saturated heterocycles. The Morgan fingerprint density at radius 2 is 2.29 bits per heavy atom. The first-order valence-corrected chi connectivity index (χ1v) is 5.95. The van der Waals surface area contributed by atoms with E-state index in [9.17, 15) is 0 Å². The molecule has 0 amide bonds. The molecule has 0 saturated carbocycles. The number of fused-ring (bicyclic) bond motifs is 1. The van der Waals surface area contributed by atoms with Crippen molar-refractivity contribution in [2.24, 2.45) is 0 Å². The van der Waals surface area contributed by atoms with E-state index < -0.39 is 0 Å². The maximum absolute atomic E-state index is 8.64. The molecule has 0 aliphatic rings. The smallest absolute Gasteiger partial charge is 0.246 e. The number of methoxy groups -OCH3 is 1. The Balaban J connectivity index is 2.35. The lowest BCUT2D eigenvalue weighted by atomic mass is 10.5. The maximum atomic E-state index is 8.64. The van der Waals surface area contributed by atoms with Gasteiger partial charge in [-0.25, -0.2) is 9.97 Å². The zero-order valence-electron chi connectivity index (χ0n) is 9.13. The third-order valence-corrected chi connectivity index (χ3v) is 2.55. The average molecular weight is 350 g/mol. The lowest BCUT2D eigenvalue weighted by molar-refractivity contribution is 0.0499. The third kappa shape index (κ3) is 2.64. The second-order valence-corrected chi connectivity index (χ2v) is 4.11. The Bertz CT molecular complexity index is 516. The zero-order chi connectivity index (χ0) is 12.3. The van der Waals surface area contributed by atoms with Crippen molar-refractivity contribution in [3.05, 3.63) is 10.2 Å². The first-order chi connectivity index (χ1) is 8.26. The number of hydrogen-bond acceptors (Lipinski definition) is 6. The fourth-order valence-electron chi connectivity index (χ4n) is 1.36. The highest BCUT2D eigenvalue weighted by Gasteiger charge is 2.12. The van der Waals surface area contributed by atoms with Gasteiger partial charge in [0.05, 0.1) is 26.7 Å². The van der Waals surface area contributed by atoms with E-state index in [1.54, 1.807) is 18.0 Å². The monoisotopic (exact) mass is 350 g/mol. The Morgan fingerprint density at radius 1 is 1.47 bits per heavy atom. The Labute approximate surface area is 111 Å². The molecule has 0 bridgehead atoms. The highest BCUT2D eigenvalue weighted by molar-refractivity contribution is 14.1. The topological polar surface area (TPSA) is 82.3 Å². The zero-order valence-corrected chi connectivity index (χ0v) is 11.3. The van der Waals surface area contributed by atoms with Gasteiger partial charge in [0.1, 0.15) is 6.73 Å². The van der Waals surface area contributed by atoms with Crippen molar-refractivity contribution in [1.29, 1.82) is 0 Å². The minimum Gasteiger partial charge on any atom is -0.479 e. The van der Waals surface area contributed by atoms with E-state index in [2.05, 4.69) is 15.0 Å². The number of hydrogen-bond donors (Lipinski definition) is 1. The number of aliphatic hydroxyl groups is 1. The molecule has 0 unspecified atom stereocenters. The SMILES string of the molecule is COc1nc(I)nc2c1ncn2COCCO. The highest BCUT2D eigenvalue weighted by atomic mass is 127. The summed E-state index contributed by atoms with van der Waals surface area (Å²) in [6, 6.07) is 0. The molecule has 0 spiro atoms. The Hall–Kier alpha value is -1.00. The maximum Gasteiger partial charge on any atom is 0.246 e. The van der Waals surface area contributed by atoms with E-state index in [0.29, 0.717) is 20.9 Å². The molecule has 2 aromatic heterocycles. The summed E-state index contributed by atoms with van der Waals surface area (Å²) in [5.41, 5.74) is 1.25. The summed E-state index contributed by atoms with van der Waals surface area (Å²) in [5.74, 6) is 0.445. The van der Waals surface area contributed by atoms with Gasteiger partial charge in [-0.15, -0.1) is 0 Å². The largest absolute Gasteiger partial charge is 0.479 e. The number of imidazole rings is 1. The number of rotatable bonds is 5. The fraction of sp³-hybridized carbons (Fsp3) is 0.444. The summed E-state index contributed by atoms with van der Waals surface area (Å²) < 4.78 is 12.7. The average Bonchev–Trinajstić information content (AvgIpc) is 2.72. The molecular formula is C9H11IN4O3. The molecule has 92 valence electrons. The Morgan fingerprint density at radius 3 is 3.00 bits per heavy atom. The molecule has 0 aliphatic carbocycles. The molecule has 2 heterocycles. The number of ether oxygens (including phenoxy) is 2. The minimum absolute atomic E-state index is 0.0114. The van der Waals surface area contributed by atoms with E-state index >= 15 is 0 Å². The Kier molecular flexibility index (Phi) is 4.07. The van der Waals surface area contributed by atoms with Crippen molar-refractivity contribution < 1.29 is 14.6 Å². The van der Waals surface area contributed by atoms with E-state index in [-0.39, 0.29) is 19.9 Å². The van der Waals surface area contributed by atoms with E-state index in [1.165, 1.54) is 0 Å². The predicted molar refractivity (Wildman–Crippen MR) is 67.6 cm³/mol. The van der Waals surface area contributed by atoms with E-state index in [4.69, 9.17) is 14.6 Å². The van der Waals surface area contributed by atoms with Crippen LogP contribution in [0.25, 0.3) is 11.2 Å². The number of nitrogens with zero attached hydrogens (tertiary/aromatic N) is 4. The van der Waals surface area contributed by atoms with Gasteiger partial charge in [-0.1, -0.05) is 0 Å². The van der Waals surface area contributed by atoms with Crippen molar-refractivity contribution in [2.45, 2.75) is 6.73 Å². The van der Waals surface area contributed by atoms with Crippen LogP contribution in [0.3, 0.4) is 0 Å². The molecule has 2 aromatic rings. The van der Waals surface area contributed by atoms with Gasteiger partial charge in [-0.05, 0) is 0 Å². The van der Waals surface area contributed by atoms with Crippen molar-refractivity contribution >= 4 is 33.8 Å². The number of aliphatic hydroxyl groups excluding tert-OH is 1. The first-order valence-electron chi connectivity index (χ1n) is 4.87. The quantitative estimate of drug-likeness (QED) is 0.478. The van der Waals surface area contributed by atoms with Crippen LogP contribution in [0.15, 0.2) is 6.33 Å². The number of aromatic nitrogens is 4. The lowest BCUT2D eigenvalue weighted by Crippen LogP contribution is -2.06. The van der Waals surface area contributed by atoms with Gasteiger partial charge in [-0.3, -0.25) is 4.57 Å². The number of halogens is 1. The molecule has 2 rings (SSSR count). The van der Waals surface area contributed by atoms with E-state index in [1.807, 2.05) is 22.6 Å². The molecule has 0 fully saturated rings. The summed E-state index contributed by atoms with van der Waals surface area (Å²) in [7, 11) is 1.54. The van der Waals surface area contributed by atoms with Gasteiger partial charge < -0.3 is 14.6 Å². The fourth-order valence-corrected chi connectivity index (χ4v) is 1.80. The van der Waals surface area contributed by atoms with Gasteiger partial charge in [0.15, 0.2) is 15.0 Å². The molecule has 8 heteroatoms. The normalized spacial score (nSPS) is 11.0. The summed E-state index contributed by atoms with van der Waals surface area (Å²) in [4.78, 5) is 12.6. The molecule has 0 atom stereocenters. The molecule has 0 radical (unpaired) electrons. The van der Waals surface area contributed by atoms with Crippen LogP contribution in [0.4, 0.5) is 0 Å². The summed E-state index contributed by atoms with van der Waals surface area (Å²) in [5, 5.41) is 8.64. The van der Waals surface area contributed by atoms with Gasteiger partial charge in [-0.2, -0.15) is 4.98 Å². The van der Waals surface area contributed by atoms with Crippen LogP contribution in [0.2, 0.25) is 0 Å². The van der Waals surface area contributed by atoms with Crippen molar-refractivity contribution in [2.75, 3.05) is 20.3 Å². The summed E-state index contributed by atoms with van der Waals surface area (Å²) >= 11 is 2.01. The summed E-state index contributed by atoms with van der Waals surface area (Å²) in [6.07, 6.45) is 1.61. The molecule has 0 aromatic carbocycles. The molecule has 0 aliphatic heterocycles. The predicted octanol–water partition coefficient (Wildman–Crippen LogP) is 0.406. The van der Waals surface area contributed by atoms with Gasteiger partial charge in [0.25, 0.3) is 0 Å². The first kappa shape index (κ1) is 12.5. The second-order valence-electron chi connectivity index (χ2n) is 3.15. The molecule has 17 heavy (non-hydrogen) atoms. The molecule has 7 nitrogen and oxygen atoms in total. The van der Waals surface area contributed by atoms with Crippen LogP contribution in [0.5, 0.6) is 5.88 Å². The van der Waals surface area contributed by atoms with Crippen LogP contribution in [-0.4, -0.2) is 44.9 Å². The molecular weight excluding hydrogens is 339 g/mol. The van der Waals surface area contributed by atoms with Crippen LogP contribution in [0.1, 0.15) is 0 Å². The van der Waals surface area contributed by atoms with Crippen LogP contribution in [0, 0.1) is 3.83 Å². The van der Waals surface area contributed by atoms with Crippen LogP contribution in [-0.2, 0) is 11.5 Å². The van der Waals surface area contributed by atoms with Crippen molar-refractivity contribution in [3.8, 4) is 5.88 Å². The third-order valence-electron chi connectivity index (χ3n) is 2.06. The standard InChI is InChI=1S/C9H11IN4O3/c1-16-8-6-7(12-9(10)13-8)14(4-11-6)5-17-3-2-15/h4,15H,2-3,5H2,1H3. The van der Waals surface area contributed by atoms with Crippen LogP contribution < -0.4 is 4.74 Å². The van der Waals surface area contributed by atoms with Gasteiger partial charge in [0.2, 0.25) is 5.88 Å². The van der Waals surface area contributed by atoms with Gasteiger partial charge in [0, 0.05) is 22.6 Å². The second kappa shape index (κ2) is 5.56. The van der Waals surface area contributed by atoms with E-state index in [0.717, 1.165) is 0 Å². The summed E-state index contributed by atoms with van der Waals surface area (Å²) in [6.45, 7) is 0.550. The highest BCUT2D eigenvalue weighted by Crippen LogP contribution is 2.21.